The van der Waals surface area contributed by atoms with Crippen LogP contribution in [-0.4, -0.2) is 30.8 Å². The fraction of sp³-hybridized carbons (Fsp3) is 0. The zero-order valence-corrected chi connectivity index (χ0v) is 8.12. The third kappa shape index (κ3) is 6.83. The van der Waals surface area contributed by atoms with E-state index in [9.17, 15) is 0 Å². The van der Waals surface area contributed by atoms with Gasteiger partial charge in [-0.05, 0) is 11.3 Å². The van der Waals surface area contributed by atoms with E-state index in [-0.39, 0.29) is 0 Å². The molecular formula is C8H8N6O2. The van der Waals surface area contributed by atoms with Crippen molar-refractivity contribution in [2.24, 2.45) is 0 Å². The van der Waals surface area contributed by atoms with Crippen molar-refractivity contribution in [3.05, 3.63) is 49.8 Å². The van der Waals surface area contributed by atoms with Gasteiger partial charge in [0.2, 0.25) is 0 Å². The molecule has 16 heavy (non-hydrogen) atoms. The van der Waals surface area contributed by atoms with E-state index in [1.807, 2.05) is 0 Å². The number of oxazole rings is 1. The predicted molar refractivity (Wildman–Crippen MR) is 50.6 cm³/mol. The van der Waals surface area contributed by atoms with Crippen LogP contribution in [-0.2, 0) is 0 Å². The fourth-order valence-electron chi connectivity index (χ4n) is 0.517. The summed E-state index contributed by atoms with van der Waals surface area (Å²) in [6, 6.07) is 1.72. The van der Waals surface area contributed by atoms with Crippen molar-refractivity contribution >= 4 is 0 Å². The molecule has 0 aromatic carbocycles. The molecule has 0 saturated carbocycles. The van der Waals surface area contributed by atoms with Crippen LogP contribution in [0.2, 0.25) is 0 Å². The third-order valence-corrected chi connectivity index (χ3v) is 1.04. The highest BCUT2D eigenvalue weighted by molar-refractivity contribution is 4.69. The highest BCUT2D eigenvalue weighted by Crippen LogP contribution is 1.72. The van der Waals surface area contributed by atoms with E-state index >= 15 is 0 Å². The minimum absolute atomic E-state index is 1.38. The molecule has 8 heteroatoms. The van der Waals surface area contributed by atoms with Crippen LogP contribution in [0, 0.1) is 0 Å². The molecule has 0 radical (unpaired) electrons. The van der Waals surface area contributed by atoms with Crippen molar-refractivity contribution in [1.29, 1.82) is 0 Å². The summed E-state index contributed by atoms with van der Waals surface area (Å²) in [7, 11) is 0. The Morgan fingerprint density at radius 3 is 1.88 bits per heavy atom. The molecular weight excluding hydrogens is 212 g/mol. The summed E-state index contributed by atoms with van der Waals surface area (Å²) in [6.45, 7) is 0. The molecule has 0 unspecified atom stereocenters. The lowest BCUT2D eigenvalue weighted by atomic mass is 10.7. The second kappa shape index (κ2) is 8.94. The molecule has 3 rings (SSSR count). The normalized spacial score (nSPS) is 8.00. The lowest BCUT2D eigenvalue weighted by Gasteiger charge is -1.68. The lowest BCUT2D eigenvalue weighted by Crippen LogP contribution is -1.78. The van der Waals surface area contributed by atoms with Crippen LogP contribution >= 0.6 is 0 Å². The third-order valence-electron chi connectivity index (χ3n) is 1.04. The smallest absolute Gasteiger partial charge is 0.180 e. The zero-order chi connectivity index (χ0) is 11.3. The minimum Gasteiger partial charge on any atom is -0.452 e. The van der Waals surface area contributed by atoms with Crippen LogP contribution in [0.3, 0.4) is 0 Å². The molecule has 0 spiro atoms. The number of aromatic nitrogens is 6. The Morgan fingerprint density at radius 1 is 0.812 bits per heavy atom. The average molecular weight is 220 g/mol. The number of hydrogen-bond donors (Lipinski definition) is 0. The highest BCUT2D eigenvalue weighted by atomic mass is 16.5. The van der Waals surface area contributed by atoms with Crippen LogP contribution in [0.5, 0.6) is 0 Å². The number of nitrogens with zero attached hydrogens (tertiary/aromatic N) is 6. The molecule has 0 bridgehead atoms. The van der Waals surface area contributed by atoms with Crippen LogP contribution in [0.1, 0.15) is 0 Å². The molecule has 0 atom stereocenters. The van der Waals surface area contributed by atoms with E-state index in [1.54, 1.807) is 24.7 Å². The van der Waals surface area contributed by atoms with Crippen LogP contribution < -0.4 is 0 Å². The molecule has 0 saturated heterocycles. The van der Waals surface area contributed by atoms with Gasteiger partial charge in [-0.25, -0.2) is 4.98 Å². The van der Waals surface area contributed by atoms with E-state index in [0.717, 1.165) is 0 Å². The van der Waals surface area contributed by atoms with Crippen molar-refractivity contribution in [2.45, 2.75) is 0 Å². The van der Waals surface area contributed by atoms with Gasteiger partial charge in [0.1, 0.15) is 12.5 Å². The topological polar surface area (TPSA) is 104 Å². The van der Waals surface area contributed by atoms with Crippen LogP contribution in [0.15, 0.2) is 58.7 Å². The van der Waals surface area contributed by atoms with Gasteiger partial charge in [0, 0.05) is 5.27 Å². The van der Waals surface area contributed by atoms with Gasteiger partial charge >= 0.3 is 0 Å². The van der Waals surface area contributed by atoms with Crippen molar-refractivity contribution in [2.75, 3.05) is 0 Å². The largest absolute Gasteiger partial charge is 0.452 e. The summed E-state index contributed by atoms with van der Waals surface area (Å²) in [5.74, 6) is 0. The van der Waals surface area contributed by atoms with Crippen LogP contribution in [0.25, 0.3) is 0 Å². The Bertz CT molecular complexity index is 314. The van der Waals surface area contributed by atoms with Gasteiger partial charge in [0.05, 0.1) is 24.8 Å². The maximum Gasteiger partial charge on any atom is 0.180 e. The van der Waals surface area contributed by atoms with E-state index in [0.29, 0.717) is 0 Å². The van der Waals surface area contributed by atoms with Gasteiger partial charge in [-0.15, -0.1) is 15.3 Å². The molecule has 0 fully saturated rings. The Morgan fingerprint density at radius 2 is 1.69 bits per heavy atom. The standard InChI is InChI=1S/C3H3N3.C3H3NO.C2H2N2O/c1-2-4-6-5-3-1;1-2-5-3-4-1;1-2-5-4-3-1/h1-3H;1-3H;1-2H. The average Bonchev–Trinajstić information content (AvgIpc) is 3.10. The fourth-order valence-corrected chi connectivity index (χ4v) is 0.517. The summed E-state index contributed by atoms with van der Waals surface area (Å²) in [6.07, 6.45) is 10.5. The SMILES string of the molecule is c1cnnnc1.c1cocn1.c1conn1. The van der Waals surface area contributed by atoms with Crippen molar-refractivity contribution < 1.29 is 8.94 Å². The first-order valence-corrected chi connectivity index (χ1v) is 4.11. The van der Waals surface area contributed by atoms with Gasteiger partial charge in [0.15, 0.2) is 6.39 Å². The van der Waals surface area contributed by atoms with Crippen molar-refractivity contribution in [1.82, 2.24) is 30.8 Å². The Hall–Kier alpha value is -2.64. The first-order chi connectivity index (χ1) is 8.00. The molecule has 3 heterocycles. The molecule has 0 aliphatic carbocycles. The predicted octanol–water partition coefficient (Wildman–Crippen LogP) is 0.616. The van der Waals surface area contributed by atoms with Crippen LogP contribution in [0.4, 0.5) is 0 Å². The number of hydrogen-bond acceptors (Lipinski definition) is 8. The first kappa shape index (κ1) is 11.4. The Kier molecular flexibility index (Phi) is 6.39. The molecule has 0 amide bonds. The first-order valence-electron chi connectivity index (χ1n) is 4.11. The van der Waals surface area contributed by atoms with E-state index in [2.05, 4.69) is 39.7 Å². The molecule has 0 N–H and O–H groups in total. The van der Waals surface area contributed by atoms with Gasteiger partial charge < -0.3 is 8.94 Å². The van der Waals surface area contributed by atoms with Gasteiger partial charge in [-0.1, -0.05) is 0 Å². The Balaban J connectivity index is 0.000000121. The van der Waals surface area contributed by atoms with E-state index < -0.39 is 0 Å². The molecule has 0 aliphatic heterocycles. The maximum atomic E-state index is 4.47. The van der Waals surface area contributed by atoms with E-state index in [1.165, 1.54) is 25.1 Å². The molecule has 8 nitrogen and oxygen atoms in total. The summed E-state index contributed by atoms with van der Waals surface area (Å²) in [4.78, 5) is 3.56. The second-order valence-electron chi connectivity index (χ2n) is 2.07. The number of rotatable bonds is 0. The molecule has 3 aromatic rings. The van der Waals surface area contributed by atoms with E-state index in [4.69, 9.17) is 0 Å². The maximum absolute atomic E-state index is 4.47. The second-order valence-corrected chi connectivity index (χ2v) is 2.07. The Labute approximate surface area is 90.3 Å². The van der Waals surface area contributed by atoms with Crippen molar-refractivity contribution in [3.8, 4) is 0 Å². The molecule has 3 aromatic heterocycles. The molecule has 82 valence electrons. The van der Waals surface area contributed by atoms with Gasteiger partial charge in [-0.3, -0.25) is 0 Å². The minimum atomic E-state index is 1.38. The van der Waals surface area contributed by atoms with Gasteiger partial charge in [-0.2, -0.15) is 0 Å². The summed E-state index contributed by atoms with van der Waals surface area (Å²) < 4.78 is 8.69. The van der Waals surface area contributed by atoms with Crippen molar-refractivity contribution in [3.63, 3.8) is 0 Å². The highest BCUT2D eigenvalue weighted by Gasteiger charge is 1.61. The quantitative estimate of drug-likeness (QED) is 0.542. The zero-order valence-electron chi connectivity index (χ0n) is 8.12. The lowest BCUT2D eigenvalue weighted by molar-refractivity contribution is 0.393. The monoisotopic (exact) mass is 220 g/mol. The van der Waals surface area contributed by atoms with Gasteiger partial charge in [0.25, 0.3) is 0 Å². The summed E-state index contributed by atoms with van der Waals surface area (Å²) in [5.41, 5.74) is 0. The molecule has 0 aliphatic rings. The summed E-state index contributed by atoms with van der Waals surface area (Å²) >= 11 is 0. The summed E-state index contributed by atoms with van der Waals surface area (Å²) in [5, 5.41) is 16.5.